The van der Waals surface area contributed by atoms with Crippen molar-refractivity contribution in [1.82, 2.24) is 4.98 Å². The van der Waals surface area contributed by atoms with Crippen LogP contribution in [0.5, 0.6) is 5.75 Å². The number of amides is 1. The van der Waals surface area contributed by atoms with Gasteiger partial charge in [0.2, 0.25) is 5.91 Å². The van der Waals surface area contributed by atoms with Gasteiger partial charge in [-0.25, -0.2) is 4.98 Å². The van der Waals surface area contributed by atoms with E-state index in [9.17, 15) is 9.59 Å². The number of carbonyl (C=O) groups excluding carboxylic acids is 2. The molecule has 0 N–H and O–H groups in total. The van der Waals surface area contributed by atoms with Crippen LogP contribution in [0.1, 0.15) is 29.7 Å². The van der Waals surface area contributed by atoms with Crippen LogP contribution in [0.3, 0.4) is 0 Å². The van der Waals surface area contributed by atoms with Crippen molar-refractivity contribution in [2.24, 2.45) is 0 Å². The maximum Gasteiger partial charge on any atom is 0.312 e. The highest BCUT2D eigenvalue weighted by atomic mass is 35.5. The van der Waals surface area contributed by atoms with Gasteiger partial charge in [-0.05, 0) is 18.6 Å². The molecule has 0 bridgehead atoms. The van der Waals surface area contributed by atoms with E-state index < -0.39 is 5.97 Å². The average molecular weight is 409 g/mol. The van der Waals surface area contributed by atoms with E-state index in [0.717, 1.165) is 12.0 Å². The van der Waals surface area contributed by atoms with Gasteiger partial charge in [-0.15, -0.1) is 11.3 Å². The molecule has 2 aliphatic heterocycles. The molecular weight excluding hydrogens is 392 g/mol. The smallest absolute Gasteiger partial charge is 0.312 e. The number of aromatic nitrogens is 1. The van der Waals surface area contributed by atoms with E-state index in [1.807, 2.05) is 0 Å². The largest absolute Gasteiger partial charge is 0.467 e. The molecule has 2 aromatic rings. The topological polar surface area (TPSA) is 78.0 Å². The summed E-state index contributed by atoms with van der Waals surface area (Å²) in [5.74, 6) is 0.329. The van der Waals surface area contributed by atoms with Gasteiger partial charge in [0, 0.05) is 34.5 Å². The Morgan fingerprint density at radius 1 is 1.41 bits per heavy atom. The number of carbonyl (C=O) groups is 2. The van der Waals surface area contributed by atoms with E-state index in [1.54, 1.807) is 22.4 Å². The summed E-state index contributed by atoms with van der Waals surface area (Å²) in [5, 5.41) is 2.95. The minimum atomic E-state index is -0.402. The lowest BCUT2D eigenvalue weighted by molar-refractivity contribution is -0.144. The van der Waals surface area contributed by atoms with E-state index in [1.165, 1.54) is 11.3 Å². The number of anilines is 1. The van der Waals surface area contributed by atoms with Crippen LogP contribution in [-0.2, 0) is 38.7 Å². The normalized spacial score (nSPS) is 16.2. The van der Waals surface area contributed by atoms with E-state index >= 15 is 0 Å². The summed E-state index contributed by atoms with van der Waals surface area (Å²) in [6.07, 6.45) is 1.44. The molecule has 1 aromatic carbocycles. The molecular formula is C18H17ClN2O5S. The zero-order valence-corrected chi connectivity index (χ0v) is 16.0. The molecule has 3 heterocycles. The highest BCUT2D eigenvalue weighted by molar-refractivity contribution is 7.14. The van der Waals surface area contributed by atoms with Gasteiger partial charge in [-0.2, -0.15) is 0 Å². The molecule has 1 saturated heterocycles. The molecule has 27 heavy (non-hydrogen) atoms. The molecule has 1 aromatic heterocycles. The number of hydrogen-bond acceptors (Lipinski definition) is 7. The van der Waals surface area contributed by atoms with Crippen LogP contribution in [-0.4, -0.2) is 30.2 Å². The van der Waals surface area contributed by atoms with Gasteiger partial charge < -0.3 is 14.2 Å². The van der Waals surface area contributed by atoms with E-state index in [2.05, 4.69) is 4.98 Å². The van der Waals surface area contributed by atoms with Crippen molar-refractivity contribution in [3.05, 3.63) is 39.4 Å². The first-order valence-corrected chi connectivity index (χ1v) is 9.78. The summed E-state index contributed by atoms with van der Waals surface area (Å²) in [4.78, 5) is 30.0. The molecule has 0 radical (unpaired) electrons. The van der Waals surface area contributed by atoms with Gasteiger partial charge in [0.1, 0.15) is 12.4 Å². The summed E-state index contributed by atoms with van der Waals surface area (Å²) < 4.78 is 16.1. The molecule has 1 fully saturated rings. The number of hydrogen-bond donors (Lipinski definition) is 0. The minimum Gasteiger partial charge on any atom is -0.467 e. The predicted octanol–water partition coefficient (Wildman–Crippen LogP) is 3.08. The Hall–Kier alpha value is -2.16. The van der Waals surface area contributed by atoms with Gasteiger partial charge in [-0.1, -0.05) is 11.6 Å². The second-order valence-electron chi connectivity index (χ2n) is 6.27. The second kappa shape index (κ2) is 7.84. The van der Waals surface area contributed by atoms with Crippen LogP contribution in [0, 0.1) is 0 Å². The lowest BCUT2D eigenvalue weighted by Gasteiger charge is -2.21. The first kappa shape index (κ1) is 18.2. The molecule has 0 unspecified atom stereocenters. The number of thiazole rings is 1. The van der Waals surface area contributed by atoms with E-state index in [0.29, 0.717) is 46.7 Å². The Balaban J connectivity index is 1.37. The number of benzene rings is 1. The van der Waals surface area contributed by atoms with Gasteiger partial charge in [0.15, 0.2) is 11.9 Å². The highest BCUT2D eigenvalue weighted by Crippen LogP contribution is 2.32. The first-order valence-electron chi connectivity index (χ1n) is 8.52. The Morgan fingerprint density at radius 2 is 2.30 bits per heavy atom. The maximum atomic E-state index is 12.2. The standard InChI is InChI=1S/C18H17ClN2O5S/c19-13-4-11-7-24-10-26-17(11)12(5-13)8-25-16(23)6-14-9-27-18(20-14)21-3-1-2-15(21)22/h4-5,9H,1-3,6-8,10H2. The fraction of sp³-hybridized carbons (Fsp3) is 0.389. The summed E-state index contributed by atoms with van der Waals surface area (Å²) in [6.45, 7) is 1.31. The first-order chi connectivity index (χ1) is 13.1. The zero-order valence-electron chi connectivity index (χ0n) is 14.4. The van der Waals surface area contributed by atoms with Gasteiger partial charge in [0.05, 0.1) is 18.7 Å². The maximum absolute atomic E-state index is 12.2. The van der Waals surface area contributed by atoms with Crippen molar-refractivity contribution in [2.45, 2.75) is 32.5 Å². The molecule has 2 aliphatic rings. The fourth-order valence-electron chi connectivity index (χ4n) is 3.07. The third-order valence-corrected chi connectivity index (χ3v) is 5.44. The Bertz CT molecular complexity index is 885. The van der Waals surface area contributed by atoms with Gasteiger partial charge >= 0.3 is 5.97 Å². The number of nitrogens with zero attached hydrogens (tertiary/aromatic N) is 2. The molecule has 142 valence electrons. The van der Waals surface area contributed by atoms with Crippen molar-refractivity contribution in [2.75, 3.05) is 18.2 Å². The van der Waals surface area contributed by atoms with Crippen LogP contribution in [0.15, 0.2) is 17.5 Å². The van der Waals surface area contributed by atoms with Crippen LogP contribution < -0.4 is 9.64 Å². The zero-order chi connectivity index (χ0) is 18.8. The third kappa shape index (κ3) is 4.07. The molecule has 0 atom stereocenters. The van der Waals surface area contributed by atoms with Crippen molar-refractivity contribution in [3.8, 4) is 5.75 Å². The van der Waals surface area contributed by atoms with Crippen LogP contribution >= 0.6 is 22.9 Å². The summed E-state index contributed by atoms with van der Waals surface area (Å²) in [7, 11) is 0. The Kier molecular flexibility index (Phi) is 5.29. The SMILES string of the molecule is O=C(Cc1csc(N2CCCC2=O)n1)OCc1cc(Cl)cc2c1OCOC2. The molecule has 0 spiro atoms. The van der Waals surface area contributed by atoms with Crippen LogP contribution in [0.4, 0.5) is 5.13 Å². The van der Waals surface area contributed by atoms with Crippen molar-refractivity contribution in [1.29, 1.82) is 0 Å². The highest BCUT2D eigenvalue weighted by Gasteiger charge is 2.24. The number of rotatable bonds is 5. The molecule has 4 rings (SSSR count). The van der Waals surface area contributed by atoms with Crippen LogP contribution in [0.2, 0.25) is 5.02 Å². The number of ether oxygens (including phenoxy) is 3. The predicted molar refractivity (Wildman–Crippen MR) is 98.9 cm³/mol. The van der Waals surface area contributed by atoms with Gasteiger partial charge in [0.25, 0.3) is 0 Å². The van der Waals surface area contributed by atoms with Gasteiger partial charge in [-0.3, -0.25) is 14.5 Å². The van der Waals surface area contributed by atoms with Crippen LogP contribution in [0.25, 0.3) is 0 Å². The van der Waals surface area contributed by atoms with Crippen molar-refractivity contribution >= 4 is 39.9 Å². The molecule has 0 aliphatic carbocycles. The third-order valence-electron chi connectivity index (χ3n) is 4.31. The molecule has 9 heteroatoms. The molecule has 0 saturated carbocycles. The van der Waals surface area contributed by atoms with E-state index in [-0.39, 0.29) is 25.7 Å². The fourth-order valence-corrected chi connectivity index (χ4v) is 4.20. The summed E-state index contributed by atoms with van der Waals surface area (Å²) in [5.41, 5.74) is 2.13. The quantitative estimate of drug-likeness (QED) is 0.707. The van der Waals surface area contributed by atoms with E-state index in [4.69, 9.17) is 25.8 Å². The second-order valence-corrected chi connectivity index (χ2v) is 7.54. The lowest BCUT2D eigenvalue weighted by Crippen LogP contribution is -2.23. The summed E-state index contributed by atoms with van der Waals surface area (Å²) >= 11 is 7.47. The molecule has 1 amide bonds. The Morgan fingerprint density at radius 3 is 3.11 bits per heavy atom. The number of fused-ring (bicyclic) bond motifs is 1. The minimum absolute atomic E-state index is 0.0469. The lowest BCUT2D eigenvalue weighted by atomic mass is 10.1. The summed E-state index contributed by atoms with van der Waals surface area (Å²) in [6, 6.07) is 3.50. The monoisotopic (exact) mass is 408 g/mol. The molecule has 7 nitrogen and oxygen atoms in total. The van der Waals surface area contributed by atoms with Crippen molar-refractivity contribution in [3.63, 3.8) is 0 Å². The number of esters is 1. The number of halogens is 1. The average Bonchev–Trinajstić information content (AvgIpc) is 3.28. The Labute approximate surface area is 164 Å². The van der Waals surface area contributed by atoms with Crippen molar-refractivity contribution < 1.29 is 23.8 Å².